The van der Waals surface area contributed by atoms with Crippen molar-refractivity contribution < 1.29 is 17.6 Å². The number of nitrogens with one attached hydrogen (secondary N) is 1. The van der Waals surface area contributed by atoms with Crippen molar-refractivity contribution in [2.45, 2.75) is 19.1 Å². The van der Waals surface area contributed by atoms with Gasteiger partial charge >= 0.3 is 6.18 Å². The smallest absolute Gasteiger partial charge is 0.336 e. The standard InChI is InChI=1S/C14H15F4N3/c1-3-20-13(12-7-19-8-21(12)2)9-4-5-11(15)10(6-9)14(16,17)18/h4-8,13,20H,3H2,1-2H3. The fourth-order valence-corrected chi connectivity index (χ4v) is 2.18. The topological polar surface area (TPSA) is 29.9 Å². The molecule has 114 valence electrons. The van der Waals surface area contributed by atoms with Crippen LogP contribution in [0.3, 0.4) is 0 Å². The highest BCUT2D eigenvalue weighted by Crippen LogP contribution is 2.34. The first-order chi connectivity index (χ1) is 9.84. The van der Waals surface area contributed by atoms with Gasteiger partial charge in [-0.25, -0.2) is 9.37 Å². The summed E-state index contributed by atoms with van der Waals surface area (Å²) in [7, 11) is 1.75. The Labute approximate surface area is 119 Å². The summed E-state index contributed by atoms with van der Waals surface area (Å²) in [5.74, 6) is -1.27. The van der Waals surface area contributed by atoms with Crippen molar-refractivity contribution in [3.8, 4) is 0 Å². The molecule has 21 heavy (non-hydrogen) atoms. The van der Waals surface area contributed by atoms with E-state index in [0.717, 1.165) is 12.1 Å². The molecule has 1 heterocycles. The average Bonchev–Trinajstić information content (AvgIpc) is 2.82. The van der Waals surface area contributed by atoms with Gasteiger partial charge in [0.1, 0.15) is 5.82 Å². The molecule has 0 bridgehead atoms. The van der Waals surface area contributed by atoms with E-state index in [2.05, 4.69) is 10.3 Å². The van der Waals surface area contributed by atoms with Crippen LogP contribution < -0.4 is 5.32 Å². The fourth-order valence-electron chi connectivity index (χ4n) is 2.18. The van der Waals surface area contributed by atoms with Crippen LogP contribution in [0.5, 0.6) is 0 Å². The van der Waals surface area contributed by atoms with Crippen molar-refractivity contribution in [2.24, 2.45) is 7.05 Å². The Bertz CT molecular complexity index is 619. The Morgan fingerprint density at radius 2 is 2.05 bits per heavy atom. The molecule has 2 rings (SSSR count). The molecule has 0 saturated carbocycles. The van der Waals surface area contributed by atoms with Gasteiger partial charge < -0.3 is 9.88 Å². The van der Waals surface area contributed by atoms with Crippen molar-refractivity contribution in [3.05, 3.63) is 53.4 Å². The lowest BCUT2D eigenvalue weighted by molar-refractivity contribution is -0.140. The summed E-state index contributed by atoms with van der Waals surface area (Å²) < 4.78 is 53.6. The number of hydrogen-bond donors (Lipinski definition) is 1. The van der Waals surface area contributed by atoms with Crippen LogP contribution in [-0.2, 0) is 13.2 Å². The third-order valence-electron chi connectivity index (χ3n) is 3.19. The van der Waals surface area contributed by atoms with Crippen molar-refractivity contribution in [3.63, 3.8) is 0 Å². The number of imidazole rings is 1. The van der Waals surface area contributed by atoms with Gasteiger partial charge in [0.25, 0.3) is 0 Å². The van der Waals surface area contributed by atoms with Crippen LogP contribution >= 0.6 is 0 Å². The van der Waals surface area contributed by atoms with E-state index < -0.39 is 23.6 Å². The number of alkyl halides is 3. The van der Waals surface area contributed by atoms with Crippen LogP contribution in [0.15, 0.2) is 30.7 Å². The van der Waals surface area contributed by atoms with Crippen LogP contribution in [0.4, 0.5) is 17.6 Å². The van der Waals surface area contributed by atoms with E-state index in [1.54, 1.807) is 24.1 Å². The van der Waals surface area contributed by atoms with E-state index >= 15 is 0 Å². The summed E-state index contributed by atoms with van der Waals surface area (Å²) >= 11 is 0. The molecule has 0 aliphatic carbocycles. The molecule has 1 atom stereocenters. The lowest BCUT2D eigenvalue weighted by Crippen LogP contribution is -2.24. The summed E-state index contributed by atoms with van der Waals surface area (Å²) in [5, 5.41) is 3.09. The highest BCUT2D eigenvalue weighted by Gasteiger charge is 2.35. The van der Waals surface area contributed by atoms with Gasteiger partial charge in [-0.2, -0.15) is 13.2 Å². The number of hydrogen-bond acceptors (Lipinski definition) is 2. The highest BCUT2D eigenvalue weighted by molar-refractivity contribution is 5.33. The van der Waals surface area contributed by atoms with Gasteiger partial charge in [-0.05, 0) is 24.2 Å². The molecule has 1 unspecified atom stereocenters. The zero-order valence-electron chi connectivity index (χ0n) is 11.6. The predicted molar refractivity (Wildman–Crippen MR) is 70.1 cm³/mol. The first-order valence-corrected chi connectivity index (χ1v) is 6.40. The van der Waals surface area contributed by atoms with Gasteiger partial charge in [0.15, 0.2) is 0 Å². The number of halogens is 4. The summed E-state index contributed by atoms with van der Waals surface area (Å²) in [5.41, 5.74) is -0.212. The van der Waals surface area contributed by atoms with Crippen molar-refractivity contribution in [1.29, 1.82) is 0 Å². The van der Waals surface area contributed by atoms with E-state index in [1.807, 2.05) is 6.92 Å². The van der Waals surface area contributed by atoms with Gasteiger partial charge in [-0.15, -0.1) is 0 Å². The number of aromatic nitrogens is 2. The van der Waals surface area contributed by atoms with E-state index in [4.69, 9.17) is 0 Å². The second-order valence-corrected chi connectivity index (χ2v) is 4.66. The lowest BCUT2D eigenvalue weighted by Gasteiger charge is -2.20. The number of aryl methyl sites for hydroxylation is 1. The first kappa shape index (κ1) is 15.5. The second kappa shape index (κ2) is 5.85. The molecule has 3 nitrogen and oxygen atoms in total. The van der Waals surface area contributed by atoms with Gasteiger partial charge in [-0.3, -0.25) is 0 Å². The molecule has 7 heteroatoms. The van der Waals surface area contributed by atoms with E-state index in [9.17, 15) is 17.6 Å². The maximum absolute atomic E-state index is 13.4. The molecule has 0 aliphatic rings. The van der Waals surface area contributed by atoms with Gasteiger partial charge in [0.05, 0.1) is 29.8 Å². The summed E-state index contributed by atoms with van der Waals surface area (Å²) in [6.07, 6.45) is -1.58. The van der Waals surface area contributed by atoms with Gasteiger partial charge in [0, 0.05) is 7.05 Å². The highest BCUT2D eigenvalue weighted by atomic mass is 19.4. The number of nitrogens with zero attached hydrogens (tertiary/aromatic N) is 2. The quantitative estimate of drug-likeness (QED) is 0.878. The molecule has 0 spiro atoms. The normalized spacial score (nSPS) is 13.4. The molecule has 1 aromatic carbocycles. The average molecular weight is 301 g/mol. The van der Waals surface area contributed by atoms with Crippen molar-refractivity contribution in [1.82, 2.24) is 14.9 Å². The molecule has 0 fully saturated rings. The summed E-state index contributed by atoms with van der Waals surface area (Å²) in [6.45, 7) is 2.39. The molecule has 0 saturated heterocycles. The van der Waals surface area contributed by atoms with Crippen molar-refractivity contribution >= 4 is 0 Å². The molecule has 1 aromatic heterocycles. The number of rotatable bonds is 4. The van der Waals surface area contributed by atoms with E-state index in [-0.39, 0.29) is 0 Å². The van der Waals surface area contributed by atoms with Gasteiger partial charge in [-0.1, -0.05) is 13.0 Å². The molecule has 0 aliphatic heterocycles. The van der Waals surface area contributed by atoms with Crippen LogP contribution in [0.2, 0.25) is 0 Å². The molecule has 1 N–H and O–H groups in total. The largest absolute Gasteiger partial charge is 0.419 e. The Hall–Kier alpha value is -1.89. The van der Waals surface area contributed by atoms with Crippen molar-refractivity contribution in [2.75, 3.05) is 6.54 Å². The second-order valence-electron chi connectivity index (χ2n) is 4.66. The predicted octanol–water partition coefficient (Wildman–Crippen LogP) is 3.28. The molecular formula is C14H15F4N3. The fraction of sp³-hybridized carbons (Fsp3) is 0.357. The third kappa shape index (κ3) is 3.24. The minimum absolute atomic E-state index is 0.342. The Kier molecular flexibility index (Phi) is 4.32. The Morgan fingerprint density at radius 1 is 1.33 bits per heavy atom. The third-order valence-corrected chi connectivity index (χ3v) is 3.19. The number of benzene rings is 1. The van der Waals surface area contributed by atoms with Crippen LogP contribution in [0, 0.1) is 5.82 Å². The minimum Gasteiger partial charge on any atom is -0.336 e. The van der Waals surface area contributed by atoms with E-state index in [0.29, 0.717) is 17.8 Å². The molecule has 2 aromatic rings. The molecule has 0 radical (unpaired) electrons. The van der Waals surface area contributed by atoms with Crippen LogP contribution in [-0.4, -0.2) is 16.1 Å². The van der Waals surface area contributed by atoms with Gasteiger partial charge in [0.2, 0.25) is 0 Å². The first-order valence-electron chi connectivity index (χ1n) is 6.40. The van der Waals surface area contributed by atoms with Crippen LogP contribution in [0.1, 0.15) is 29.8 Å². The molecule has 0 amide bonds. The summed E-state index contributed by atoms with van der Waals surface area (Å²) in [4.78, 5) is 3.97. The maximum Gasteiger partial charge on any atom is 0.419 e. The Morgan fingerprint density at radius 3 is 2.57 bits per heavy atom. The minimum atomic E-state index is -4.72. The lowest BCUT2D eigenvalue weighted by atomic mass is 10.0. The maximum atomic E-state index is 13.4. The zero-order chi connectivity index (χ0) is 15.6. The SMILES string of the molecule is CCNC(c1ccc(F)c(C(F)(F)F)c1)c1cncn1C. The Balaban J connectivity index is 2.49. The zero-order valence-corrected chi connectivity index (χ0v) is 11.6. The summed E-state index contributed by atoms with van der Waals surface area (Å²) in [6, 6.07) is 2.56. The monoisotopic (exact) mass is 301 g/mol. The molecular weight excluding hydrogens is 286 g/mol. The van der Waals surface area contributed by atoms with Crippen LogP contribution in [0.25, 0.3) is 0 Å². The van der Waals surface area contributed by atoms with E-state index in [1.165, 1.54) is 6.07 Å².